The van der Waals surface area contributed by atoms with Gasteiger partial charge in [0.1, 0.15) is 10.6 Å². The van der Waals surface area contributed by atoms with Crippen LogP contribution in [0.3, 0.4) is 0 Å². The highest BCUT2D eigenvalue weighted by Gasteiger charge is 2.35. The van der Waals surface area contributed by atoms with Crippen LogP contribution in [-0.2, 0) is 21.5 Å². The van der Waals surface area contributed by atoms with Gasteiger partial charge in [0, 0.05) is 17.7 Å². The van der Waals surface area contributed by atoms with Crippen LogP contribution in [0, 0.1) is 17.0 Å². The molecule has 0 N–H and O–H groups in total. The summed E-state index contributed by atoms with van der Waals surface area (Å²) in [6.45, 7) is 2.04. The van der Waals surface area contributed by atoms with Gasteiger partial charge in [-0.25, -0.2) is 0 Å². The first-order chi connectivity index (χ1) is 16.6. The first-order valence-corrected chi connectivity index (χ1v) is 12.5. The molecular weight excluding hydrogens is 492 g/mol. The van der Waals surface area contributed by atoms with Crippen molar-refractivity contribution in [1.82, 2.24) is 4.90 Å². The molecule has 0 unspecified atom stereocenters. The number of hydrogen-bond acceptors (Lipinski definition) is 8. The molecule has 1 heterocycles. The lowest BCUT2D eigenvalue weighted by atomic mass is 10.1. The summed E-state index contributed by atoms with van der Waals surface area (Å²) in [7, 11) is -4.31. The molecule has 1 aliphatic heterocycles. The number of carbonyl (C=O) groups excluding carboxylic acids is 2. The van der Waals surface area contributed by atoms with Gasteiger partial charge in [0.2, 0.25) is 0 Å². The van der Waals surface area contributed by atoms with E-state index in [4.69, 9.17) is 4.18 Å². The molecule has 1 saturated heterocycles. The molecule has 0 atom stereocenters. The maximum atomic E-state index is 12.9. The Hall–Kier alpha value is -3.96. The molecule has 0 aliphatic carbocycles. The van der Waals surface area contributed by atoms with Crippen molar-refractivity contribution in [3.05, 3.63) is 105 Å². The second-order valence-electron chi connectivity index (χ2n) is 7.58. The highest BCUT2D eigenvalue weighted by atomic mass is 32.2. The van der Waals surface area contributed by atoms with Crippen LogP contribution in [-0.4, -0.2) is 29.4 Å². The van der Waals surface area contributed by atoms with Crippen LogP contribution < -0.4 is 4.18 Å². The van der Waals surface area contributed by atoms with Crippen LogP contribution in [0.5, 0.6) is 5.75 Å². The number of nitrogens with zero attached hydrogens (tertiary/aromatic N) is 2. The number of carbonyl (C=O) groups is 2. The van der Waals surface area contributed by atoms with Crippen LogP contribution in [0.2, 0.25) is 0 Å². The lowest BCUT2D eigenvalue weighted by Crippen LogP contribution is -2.27. The summed E-state index contributed by atoms with van der Waals surface area (Å²) in [5, 5.41) is 10.4. The van der Waals surface area contributed by atoms with Gasteiger partial charge in [-0.3, -0.25) is 24.6 Å². The third-order valence-corrected chi connectivity index (χ3v) is 7.19. The number of nitro benzene ring substituents is 1. The average molecular weight is 511 g/mol. The largest absolute Gasteiger partial charge is 0.378 e. The first-order valence-electron chi connectivity index (χ1n) is 10.2. The van der Waals surface area contributed by atoms with E-state index in [-0.39, 0.29) is 33.3 Å². The summed E-state index contributed by atoms with van der Waals surface area (Å²) in [6, 6.07) is 17.9. The number of amides is 2. The van der Waals surface area contributed by atoms with Crippen molar-refractivity contribution < 1.29 is 27.1 Å². The molecule has 0 saturated carbocycles. The monoisotopic (exact) mass is 510 g/mol. The molecule has 9 nitrogen and oxygen atoms in total. The Morgan fingerprint density at radius 3 is 2.43 bits per heavy atom. The number of aryl methyl sites for hydroxylation is 1. The molecule has 0 spiro atoms. The van der Waals surface area contributed by atoms with E-state index in [2.05, 4.69) is 0 Å². The summed E-state index contributed by atoms with van der Waals surface area (Å²) >= 11 is 0.757. The fourth-order valence-electron chi connectivity index (χ4n) is 3.35. The number of nitro groups is 1. The molecule has 0 bridgehead atoms. The van der Waals surface area contributed by atoms with E-state index in [1.54, 1.807) is 18.2 Å². The molecule has 0 aromatic heterocycles. The standard InChI is InChI=1S/C24H18N2O7S2/c1-16-5-4-6-17(13-16)15-25-23(27)22(34-24(25)28)14-18-7-2-3-8-21(18)33-35(31,32)20-11-9-19(10-12-20)26(29)30/h2-14H,15H2,1H3/b22-14-. The Labute approximate surface area is 205 Å². The quantitative estimate of drug-likeness (QED) is 0.190. The number of thioether (sulfide) groups is 1. The van der Waals surface area contributed by atoms with Gasteiger partial charge in [-0.15, -0.1) is 0 Å². The highest BCUT2D eigenvalue weighted by molar-refractivity contribution is 8.18. The predicted octanol–water partition coefficient (Wildman–Crippen LogP) is 4.91. The topological polar surface area (TPSA) is 124 Å². The fraction of sp³-hybridized carbons (Fsp3) is 0.0833. The molecule has 35 heavy (non-hydrogen) atoms. The molecule has 2 amide bonds. The summed E-state index contributed by atoms with van der Waals surface area (Å²) in [4.78, 5) is 36.6. The number of hydrogen-bond donors (Lipinski definition) is 0. The molecule has 1 fully saturated rings. The minimum atomic E-state index is -4.31. The van der Waals surface area contributed by atoms with Crippen molar-refractivity contribution >= 4 is 44.8 Å². The smallest absolute Gasteiger partial charge is 0.339 e. The van der Waals surface area contributed by atoms with Crippen LogP contribution in [0.1, 0.15) is 16.7 Å². The third kappa shape index (κ3) is 5.42. The Morgan fingerprint density at radius 2 is 1.74 bits per heavy atom. The van der Waals surface area contributed by atoms with Crippen LogP contribution in [0.4, 0.5) is 10.5 Å². The lowest BCUT2D eigenvalue weighted by molar-refractivity contribution is -0.384. The molecule has 3 aromatic carbocycles. The van der Waals surface area contributed by atoms with E-state index in [1.807, 2.05) is 31.2 Å². The van der Waals surface area contributed by atoms with Crippen molar-refractivity contribution in [3.63, 3.8) is 0 Å². The minimum absolute atomic E-state index is 0.0589. The molecule has 3 aromatic rings. The molecule has 0 radical (unpaired) electrons. The molecule has 178 valence electrons. The third-order valence-electron chi connectivity index (χ3n) is 5.04. The average Bonchev–Trinajstić information content (AvgIpc) is 3.07. The van der Waals surface area contributed by atoms with Gasteiger partial charge in [-0.1, -0.05) is 48.0 Å². The maximum absolute atomic E-state index is 12.9. The second-order valence-corrected chi connectivity index (χ2v) is 10.1. The Morgan fingerprint density at radius 1 is 1.03 bits per heavy atom. The minimum Gasteiger partial charge on any atom is -0.378 e. The van der Waals surface area contributed by atoms with E-state index >= 15 is 0 Å². The van der Waals surface area contributed by atoms with Crippen LogP contribution in [0.25, 0.3) is 6.08 Å². The number of imide groups is 1. The van der Waals surface area contributed by atoms with E-state index < -0.39 is 26.2 Å². The molecule has 11 heteroatoms. The van der Waals surface area contributed by atoms with Gasteiger partial charge in [0.25, 0.3) is 16.8 Å². The normalized spacial score (nSPS) is 15.0. The van der Waals surface area contributed by atoms with Crippen LogP contribution in [0.15, 0.2) is 82.6 Å². The maximum Gasteiger partial charge on any atom is 0.339 e. The number of para-hydroxylation sites is 1. The van der Waals surface area contributed by atoms with Crippen molar-refractivity contribution in [1.29, 1.82) is 0 Å². The zero-order chi connectivity index (χ0) is 25.2. The van der Waals surface area contributed by atoms with Crippen molar-refractivity contribution in [2.45, 2.75) is 18.4 Å². The fourth-order valence-corrected chi connectivity index (χ4v) is 5.13. The van der Waals surface area contributed by atoms with Gasteiger partial charge in [0.05, 0.1) is 16.4 Å². The van der Waals surface area contributed by atoms with Gasteiger partial charge in [-0.05, 0) is 48.5 Å². The van der Waals surface area contributed by atoms with E-state index in [0.717, 1.165) is 52.1 Å². The summed E-state index contributed by atoms with van der Waals surface area (Å²) < 4.78 is 30.7. The van der Waals surface area contributed by atoms with E-state index in [1.165, 1.54) is 12.1 Å². The summed E-state index contributed by atoms with van der Waals surface area (Å²) in [5.74, 6) is -0.550. The van der Waals surface area contributed by atoms with Crippen LogP contribution >= 0.6 is 11.8 Å². The van der Waals surface area contributed by atoms with Gasteiger partial charge in [0.15, 0.2) is 0 Å². The zero-order valence-electron chi connectivity index (χ0n) is 18.3. The van der Waals surface area contributed by atoms with E-state index in [9.17, 15) is 28.1 Å². The van der Waals surface area contributed by atoms with Gasteiger partial charge in [-0.2, -0.15) is 8.42 Å². The second kappa shape index (κ2) is 9.72. The Bertz CT molecular complexity index is 1470. The van der Waals surface area contributed by atoms with Crippen molar-refractivity contribution in [3.8, 4) is 5.75 Å². The molecule has 1 aliphatic rings. The number of rotatable bonds is 7. The SMILES string of the molecule is Cc1cccc(CN2C(=O)S/C(=C\c3ccccc3OS(=O)(=O)c3ccc([N+](=O)[O-])cc3)C2=O)c1. The van der Waals surface area contributed by atoms with E-state index in [0.29, 0.717) is 0 Å². The summed E-state index contributed by atoms with van der Waals surface area (Å²) in [5.41, 5.74) is 1.83. The Balaban J connectivity index is 1.58. The summed E-state index contributed by atoms with van der Waals surface area (Å²) in [6.07, 6.45) is 1.40. The Kier molecular flexibility index (Phi) is 6.72. The first kappa shape index (κ1) is 24.2. The highest BCUT2D eigenvalue weighted by Crippen LogP contribution is 2.35. The lowest BCUT2D eigenvalue weighted by Gasteiger charge is -2.13. The van der Waals surface area contributed by atoms with Crippen molar-refractivity contribution in [2.75, 3.05) is 0 Å². The molecule has 4 rings (SSSR count). The number of non-ortho nitro benzene ring substituents is 1. The van der Waals surface area contributed by atoms with Gasteiger partial charge < -0.3 is 4.18 Å². The molecular formula is C24H18N2O7S2. The van der Waals surface area contributed by atoms with Gasteiger partial charge >= 0.3 is 10.1 Å². The predicted molar refractivity (Wildman–Crippen MR) is 130 cm³/mol. The van der Waals surface area contributed by atoms with Crippen molar-refractivity contribution in [2.24, 2.45) is 0 Å². The number of benzene rings is 3. The zero-order valence-corrected chi connectivity index (χ0v) is 19.9.